The fourth-order valence-electron chi connectivity index (χ4n) is 1.09. The topological polar surface area (TPSA) is 44.8 Å². The predicted octanol–water partition coefficient (Wildman–Crippen LogP) is 2.80. The molecule has 0 aliphatic carbocycles. The third kappa shape index (κ3) is 7.67. The van der Waals surface area contributed by atoms with Gasteiger partial charge in [-0.1, -0.05) is 0 Å². The Morgan fingerprint density at radius 1 is 1.17 bits per heavy atom. The maximum Gasteiger partial charge on any atom is 0.311 e. The molecular weight excluding hydrogens is 232 g/mol. The first-order valence-corrected chi connectivity index (χ1v) is 6.42. The van der Waals surface area contributed by atoms with Crippen LogP contribution in [0.15, 0.2) is 0 Å². The van der Waals surface area contributed by atoms with Gasteiger partial charge in [-0.2, -0.15) is 0 Å². The minimum absolute atomic E-state index is 0.0707. The van der Waals surface area contributed by atoms with Crippen molar-refractivity contribution in [1.82, 2.24) is 0 Å². The number of carbonyl (C=O) groups is 1. The van der Waals surface area contributed by atoms with Crippen LogP contribution in [0.2, 0.25) is 0 Å². The molecule has 1 atom stereocenters. The van der Waals surface area contributed by atoms with Gasteiger partial charge in [0.1, 0.15) is 0 Å². The third-order valence-electron chi connectivity index (χ3n) is 2.66. The van der Waals surface area contributed by atoms with E-state index in [1.807, 2.05) is 41.5 Å². The largest absolute Gasteiger partial charge is 0.465 e. The van der Waals surface area contributed by atoms with Crippen LogP contribution in [0.5, 0.6) is 0 Å². The summed E-state index contributed by atoms with van der Waals surface area (Å²) in [6.07, 6.45) is 0.743. The molecule has 0 amide bonds. The standard InChI is InChI=1S/C14H28O4/c1-11(16-7)10-18-14(5,6)8-9-17-12(15)13(2,3)4/h11H,8-10H2,1-7H3. The van der Waals surface area contributed by atoms with E-state index in [2.05, 4.69) is 0 Å². The quantitative estimate of drug-likeness (QED) is 0.660. The van der Waals surface area contributed by atoms with Gasteiger partial charge in [0, 0.05) is 13.5 Å². The smallest absolute Gasteiger partial charge is 0.311 e. The molecule has 1 unspecified atom stereocenters. The van der Waals surface area contributed by atoms with Crippen LogP contribution in [0.1, 0.15) is 48.0 Å². The van der Waals surface area contributed by atoms with Gasteiger partial charge < -0.3 is 14.2 Å². The molecule has 0 heterocycles. The normalized spacial score (nSPS) is 14.4. The monoisotopic (exact) mass is 260 g/mol. The SMILES string of the molecule is COC(C)COC(C)(C)CCOC(=O)C(C)(C)C. The van der Waals surface area contributed by atoms with Gasteiger partial charge in [0.15, 0.2) is 0 Å². The van der Waals surface area contributed by atoms with Gasteiger partial charge in [-0.3, -0.25) is 4.79 Å². The van der Waals surface area contributed by atoms with E-state index in [4.69, 9.17) is 14.2 Å². The number of rotatable bonds is 7. The molecule has 0 aromatic carbocycles. The van der Waals surface area contributed by atoms with E-state index in [1.165, 1.54) is 0 Å². The van der Waals surface area contributed by atoms with Gasteiger partial charge in [0.05, 0.1) is 30.3 Å². The number of carbonyl (C=O) groups excluding carboxylic acids is 1. The summed E-state index contributed by atoms with van der Waals surface area (Å²) in [5.41, 5.74) is -0.763. The van der Waals surface area contributed by atoms with Gasteiger partial charge in [0.25, 0.3) is 0 Å². The summed E-state index contributed by atoms with van der Waals surface area (Å²) in [6.45, 7) is 12.4. The summed E-state index contributed by atoms with van der Waals surface area (Å²) < 4.78 is 16.1. The Kier molecular flexibility index (Phi) is 6.86. The molecule has 18 heavy (non-hydrogen) atoms. The number of hydrogen-bond donors (Lipinski definition) is 0. The molecule has 0 bridgehead atoms. The number of esters is 1. The van der Waals surface area contributed by atoms with E-state index < -0.39 is 5.41 Å². The Morgan fingerprint density at radius 2 is 1.72 bits per heavy atom. The van der Waals surface area contributed by atoms with Crippen molar-refractivity contribution in [2.45, 2.75) is 59.7 Å². The van der Waals surface area contributed by atoms with Crippen LogP contribution >= 0.6 is 0 Å². The van der Waals surface area contributed by atoms with E-state index >= 15 is 0 Å². The van der Waals surface area contributed by atoms with Crippen molar-refractivity contribution in [1.29, 1.82) is 0 Å². The number of ether oxygens (including phenoxy) is 3. The van der Waals surface area contributed by atoms with E-state index in [9.17, 15) is 4.79 Å². The highest BCUT2D eigenvalue weighted by Crippen LogP contribution is 2.18. The molecule has 0 N–H and O–H groups in total. The minimum atomic E-state index is -0.449. The van der Waals surface area contributed by atoms with Crippen molar-refractivity contribution in [2.75, 3.05) is 20.3 Å². The van der Waals surface area contributed by atoms with Gasteiger partial charge in [-0.25, -0.2) is 0 Å². The Morgan fingerprint density at radius 3 is 2.17 bits per heavy atom. The van der Waals surface area contributed by atoms with Crippen LogP contribution in [0.3, 0.4) is 0 Å². The van der Waals surface area contributed by atoms with Crippen LogP contribution in [0.4, 0.5) is 0 Å². The van der Waals surface area contributed by atoms with Gasteiger partial charge >= 0.3 is 5.97 Å². The molecule has 0 spiro atoms. The fourth-order valence-corrected chi connectivity index (χ4v) is 1.09. The van der Waals surface area contributed by atoms with Crippen molar-refractivity contribution in [3.05, 3.63) is 0 Å². The summed E-state index contributed by atoms with van der Waals surface area (Å²) in [7, 11) is 1.66. The third-order valence-corrected chi connectivity index (χ3v) is 2.66. The maximum atomic E-state index is 11.6. The maximum absolute atomic E-state index is 11.6. The van der Waals surface area contributed by atoms with Crippen molar-refractivity contribution >= 4 is 5.97 Å². The van der Waals surface area contributed by atoms with Crippen molar-refractivity contribution in [3.8, 4) is 0 Å². The molecule has 0 saturated carbocycles. The van der Waals surface area contributed by atoms with Crippen molar-refractivity contribution in [3.63, 3.8) is 0 Å². The molecule has 4 nitrogen and oxygen atoms in total. The van der Waals surface area contributed by atoms with Crippen LogP contribution in [-0.2, 0) is 19.0 Å². The molecule has 0 aromatic rings. The first-order valence-electron chi connectivity index (χ1n) is 6.42. The molecule has 0 rings (SSSR count). The van der Waals surface area contributed by atoms with E-state index in [0.29, 0.717) is 19.6 Å². The highest BCUT2D eigenvalue weighted by atomic mass is 16.5. The Bertz CT molecular complexity index is 253. The lowest BCUT2D eigenvalue weighted by atomic mass is 9.97. The first kappa shape index (κ1) is 17.4. The average Bonchev–Trinajstić information content (AvgIpc) is 2.24. The molecule has 4 heteroatoms. The van der Waals surface area contributed by atoms with E-state index in [-0.39, 0.29) is 17.7 Å². The van der Waals surface area contributed by atoms with Crippen LogP contribution in [-0.4, -0.2) is 38.0 Å². The number of methoxy groups -OCH3 is 1. The summed E-state index contributed by atoms with van der Waals surface area (Å²) in [4.78, 5) is 11.6. The average molecular weight is 260 g/mol. The van der Waals surface area contributed by atoms with Crippen LogP contribution < -0.4 is 0 Å². The predicted molar refractivity (Wildman–Crippen MR) is 71.5 cm³/mol. The van der Waals surface area contributed by atoms with Crippen molar-refractivity contribution < 1.29 is 19.0 Å². The summed E-state index contributed by atoms with van der Waals surface area (Å²) >= 11 is 0. The molecule has 108 valence electrons. The van der Waals surface area contributed by atoms with Gasteiger partial charge in [-0.15, -0.1) is 0 Å². The minimum Gasteiger partial charge on any atom is -0.465 e. The molecule has 0 radical (unpaired) electrons. The Balaban J connectivity index is 3.94. The zero-order valence-corrected chi connectivity index (χ0v) is 12.8. The lowest BCUT2D eigenvalue weighted by Crippen LogP contribution is -2.32. The van der Waals surface area contributed by atoms with E-state index in [0.717, 1.165) is 0 Å². The highest BCUT2D eigenvalue weighted by Gasteiger charge is 2.25. The zero-order chi connectivity index (χ0) is 14.4. The second kappa shape index (κ2) is 7.10. The second-order valence-electron chi connectivity index (χ2n) is 6.25. The molecule has 0 fully saturated rings. The Hall–Kier alpha value is -0.610. The molecular formula is C14H28O4. The van der Waals surface area contributed by atoms with Gasteiger partial charge in [-0.05, 0) is 41.5 Å². The Labute approximate surface area is 111 Å². The van der Waals surface area contributed by atoms with Crippen molar-refractivity contribution in [2.24, 2.45) is 5.41 Å². The van der Waals surface area contributed by atoms with Gasteiger partial charge in [0.2, 0.25) is 0 Å². The van der Waals surface area contributed by atoms with Crippen LogP contribution in [0, 0.1) is 5.41 Å². The van der Waals surface area contributed by atoms with Crippen LogP contribution in [0.25, 0.3) is 0 Å². The molecule has 0 aromatic heterocycles. The lowest BCUT2D eigenvalue weighted by molar-refractivity contribution is -0.155. The summed E-state index contributed by atoms with van der Waals surface area (Å²) in [5.74, 6) is -0.177. The summed E-state index contributed by atoms with van der Waals surface area (Å²) in [6, 6.07) is 0. The lowest BCUT2D eigenvalue weighted by Gasteiger charge is -2.27. The fraction of sp³-hybridized carbons (Fsp3) is 0.929. The van der Waals surface area contributed by atoms with E-state index in [1.54, 1.807) is 7.11 Å². The second-order valence-corrected chi connectivity index (χ2v) is 6.25. The summed E-state index contributed by atoms with van der Waals surface area (Å²) in [5, 5.41) is 0. The zero-order valence-electron chi connectivity index (χ0n) is 12.8. The molecule has 0 aliphatic heterocycles. The first-order chi connectivity index (χ1) is 8.08. The molecule has 0 aliphatic rings. The highest BCUT2D eigenvalue weighted by molar-refractivity contribution is 5.75. The molecule has 0 saturated heterocycles. The number of hydrogen-bond acceptors (Lipinski definition) is 4.